The largest absolute Gasteiger partial charge is 0.493 e. The van der Waals surface area contributed by atoms with Crippen molar-refractivity contribution in [1.82, 2.24) is 0 Å². The highest BCUT2D eigenvalue weighted by Gasteiger charge is 2.16. The number of benzene rings is 2. The van der Waals surface area contributed by atoms with Gasteiger partial charge in [-0.3, -0.25) is 4.79 Å². The van der Waals surface area contributed by atoms with Crippen molar-refractivity contribution in [2.24, 2.45) is 0 Å². The standard InChI is InChI=1S/C22H27FO4/c1-22(2,3)27-21(24)10-6-7-16-11-12-19(20(14-16)25-4)26-15-17-8-5-9-18(23)13-17/h5,8-9,11-14H,6-7,10,15H2,1-4H3. The van der Waals surface area contributed by atoms with Gasteiger partial charge in [0, 0.05) is 6.42 Å². The van der Waals surface area contributed by atoms with Gasteiger partial charge in [-0.05, 0) is 69.0 Å². The van der Waals surface area contributed by atoms with Gasteiger partial charge in [-0.2, -0.15) is 0 Å². The first-order valence-corrected chi connectivity index (χ1v) is 9.03. The summed E-state index contributed by atoms with van der Waals surface area (Å²) in [5, 5.41) is 0. The average Bonchev–Trinajstić information content (AvgIpc) is 2.59. The molecule has 0 fully saturated rings. The quantitative estimate of drug-likeness (QED) is 0.605. The number of rotatable bonds is 8. The number of carbonyl (C=O) groups excluding carboxylic acids is 1. The van der Waals surface area contributed by atoms with Gasteiger partial charge in [-0.15, -0.1) is 0 Å². The van der Waals surface area contributed by atoms with E-state index in [9.17, 15) is 9.18 Å². The molecule has 2 aromatic carbocycles. The van der Waals surface area contributed by atoms with Crippen LogP contribution >= 0.6 is 0 Å². The van der Waals surface area contributed by atoms with Gasteiger partial charge in [0.1, 0.15) is 18.0 Å². The van der Waals surface area contributed by atoms with Gasteiger partial charge in [-0.25, -0.2) is 4.39 Å². The predicted molar refractivity (Wildman–Crippen MR) is 103 cm³/mol. The maximum Gasteiger partial charge on any atom is 0.306 e. The summed E-state index contributed by atoms with van der Waals surface area (Å²) in [6.45, 7) is 5.83. The maximum atomic E-state index is 13.2. The second-order valence-electron chi connectivity index (χ2n) is 7.34. The molecule has 5 heteroatoms. The van der Waals surface area contributed by atoms with Crippen LogP contribution in [0.3, 0.4) is 0 Å². The molecule has 0 aromatic heterocycles. The average molecular weight is 374 g/mol. The maximum absolute atomic E-state index is 13.2. The van der Waals surface area contributed by atoms with Crippen molar-refractivity contribution in [2.45, 2.75) is 52.2 Å². The second-order valence-corrected chi connectivity index (χ2v) is 7.34. The first kappa shape index (κ1) is 20.7. The Hall–Kier alpha value is -2.56. The molecule has 27 heavy (non-hydrogen) atoms. The lowest BCUT2D eigenvalue weighted by molar-refractivity contribution is -0.154. The molecule has 2 aromatic rings. The van der Waals surface area contributed by atoms with Crippen LogP contribution in [0.5, 0.6) is 11.5 Å². The van der Waals surface area contributed by atoms with Crippen LogP contribution in [0, 0.1) is 5.82 Å². The summed E-state index contributed by atoms with van der Waals surface area (Å²) in [6.07, 6.45) is 1.80. The molecule has 0 spiro atoms. The van der Waals surface area contributed by atoms with Crippen molar-refractivity contribution in [3.63, 3.8) is 0 Å². The van der Waals surface area contributed by atoms with E-state index in [-0.39, 0.29) is 18.4 Å². The summed E-state index contributed by atoms with van der Waals surface area (Å²) in [7, 11) is 1.58. The van der Waals surface area contributed by atoms with Crippen molar-refractivity contribution < 1.29 is 23.4 Å². The van der Waals surface area contributed by atoms with E-state index < -0.39 is 5.60 Å². The molecular formula is C22H27FO4. The first-order valence-electron chi connectivity index (χ1n) is 9.03. The molecule has 0 aliphatic rings. The Balaban J connectivity index is 1.90. The normalized spacial score (nSPS) is 11.1. The van der Waals surface area contributed by atoms with Gasteiger partial charge in [-0.1, -0.05) is 18.2 Å². The molecule has 0 unspecified atom stereocenters. The molecule has 0 N–H and O–H groups in total. The third-order valence-corrected chi connectivity index (χ3v) is 3.78. The summed E-state index contributed by atoms with van der Waals surface area (Å²) in [5.74, 6) is 0.728. The van der Waals surface area contributed by atoms with E-state index in [1.54, 1.807) is 19.2 Å². The minimum absolute atomic E-state index is 0.190. The van der Waals surface area contributed by atoms with Gasteiger partial charge >= 0.3 is 5.97 Å². The predicted octanol–water partition coefficient (Wildman–Crippen LogP) is 5.08. The summed E-state index contributed by atoms with van der Waals surface area (Å²) in [6, 6.07) is 12.0. The zero-order chi connectivity index (χ0) is 19.9. The van der Waals surface area contributed by atoms with Crippen LogP contribution in [0.2, 0.25) is 0 Å². The van der Waals surface area contributed by atoms with Crippen molar-refractivity contribution >= 4 is 5.97 Å². The van der Waals surface area contributed by atoms with Crippen molar-refractivity contribution in [3.8, 4) is 11.5 Å². The van der Waals surface area contributed by atoms with E-state index in [0.29, 0.717) is 24.3 Å². The molecule has 2 rings (SSSR count). The molecule has 0 radical (unpaired) electrons. The van der Waals surface area contributed by atoms with Crippen LogP contribution in [0.15, 0.2) is 42.5 Å². The fourth-order valence-corrected chi connectivity index (χ4v) is 2.60. The first-order chi connectivity index (χ1) is 12.8. The van der Waals surface area contributed by atoms with Gasteiger partial charge in [0.05, 0.1) is 7.11 Å². The summed E-state index contributed by atoms with van der Waals surface area (Å²) >= 11 is 0. The Morgan fingerprint density at radius 1 is 1.04 bits per heavy atom. The highest BCUT2D eigenvalue weighted by Crippen LogP contribution is 2.29. The van der Waals surface area contributed by atoms with Crippen LogP contribution < -0.4 is 9.47 Å². The van der Waals surface area contributed by atoms with Crippen LogP contribution in [0.25, 0.3) is 0 Å². The number of methoxy groups -OCH3 is 1. The monoisotopic (exact) mass is 374 g/mol. The second kappa shape index (κ2) is 9.40. The molecule has 0 saturated carbocycles. The summed E-state index contributed by atoms with van der Waals surface area (Å²) < 4.78 is 29.7. The Bertz CT molecular complexity index is 765. The van der Waals surface area contributed by atoms with Crippen molar-refractivity contribution in [2.75, 3.05) is 7.11 Å². The van der Waals surface area contributed by atoms with Crippen molar-refractivity contribution in [3.05, 3.63) is 59.4 Å². The number of ether oxygens (including phenoxy) is 3. The molecule has 0 heterocycles. The zero-order valence-electron chi connectivity index (χ0n) is 16.4. The summed E-state index contributed by atoms with van der Waals surface area (Å²) in [5.41, 5.74) is 1.34. The molecule has 0 aliphatic heterocycles. The van der Waals surface area contributed by atoms with Gasteiger partial charge < -0.3 is 14.2 Å². The number of carbonyl (C=O) groups is 1. The lowest BCUT2D eigenvalue weighted by Crippen LogP contribution is -2.23. The van der Waals surface area contributed by atoms with E-state index in [1.807, 2.05) is 39.0 Å². The van der Waals surface area contributed by atoms with Crippen LogP contribution in [0.4, 0.5) is 4.39 Å². The molecule has 0 saturated heterocycles. The van der Waals surface area contributed by atoms with E-state index in [2.05, 4.69) is 0 Å². The van der Waals surface area contributed by atoms with Gasteiger partial charge in [0.15, 0.2) is 11.5 Å². The number of hydrogen-bond acceptors (Lipinski definition) is 4. The van der Waals surface area contributed by atoms with Crippen LogP contribution in [-0.4, -0.2) is 18.7 Å². The molecule has 0 atom stereocenters. The van der Waals surface area contributed by atoms with Gasteiger partial charge in [0.2, 0.25) is 0 Å². The number of esters is 1. The Labute approximate surface area is 160 Å². The zero-order valence-corrected chi connectivity index (χ0v) is 16.4. The fourth-order valence-electron chi connectivity index (χ4n) is 2.60. The van der Waals surface area contributed by atoms with Crippen LogP contribution in [0.1, 0.15) is 44.7 Å². The molecule has 0 amide bonds. The minimum Gasteiger partial charge on any atom is -0.493 e. The molecule has 0 bridgehead atoms. The lowest BCUT2D eigenvalue weighted by atomic mass is 10.1. The third kappa shape index (κ3) is 7.29. The van der Waals surface area contributed by atoms with Crippen molar-refractivity contribution in [1.29, 1.82) is 0 Å². The highest BCUT2D eigenvalue weighted by molar-refractivity contribution is 5.69. The van der Waals surface area contributed by atoms with E-state index in [4.69, 9.17) is 14.2 Å². The minimum atomic E-state index is -0.457. The lowest BCUT2D eigenvalue weighted by Gasteiger charge is -2.19. The van der Waals surface area contributed by atoms with E-state index in [0.717, 1.165) is 17.5 Å². The topological polar surface area (TPSA) is 44.8 Å². The summed E-state index contributed by atoms with van der Waals surface area (Å²) in [4.78, 5) is 11.8. The smallest absolute Gasteiger partial charge is 0.306 e. The highest BCUT2D eigenvalue weighted by atomic mass is 19.1. The fraction of sp³-hybridized carbons (Fsp3) is 0.409. The Morgan fingerprint density at radius 2 is 1.81 bits per heavy atom. The molecule has 146 valence electrons. The number of halogens is 1. The SMILES string of the molecule is COc1cc(CCCC(=O)OC(C)(C)C)ccc1OCc1cccc(F)c1. The Morgan fingerprint density at radius 3 is 2.48 bits per heavy atom. The van der Waals surface area contributed by atoms with Gasteiger partial charge in [0.25, 0.3) is 0 Å². The Kier molecular flexibility index (Phi) is 7.22. The van der Waals surface area contributed by atoms with E-state index >= 15 is 0 Å². The molecule has 4 nitrogen and oxygen atoms in total. The number of hydrogen-bond donors (Lipinski definition) is 0. The molecular weight excluding hydrogens is 347 g/mol. The number of aryl methyl sites for hydroxylation is 1. The third-order valence-electron chi connectivity index (χ3n) is 3.78. The molecule has 0 aliphatic carbocycles. The van der Waals surface area contributed by atoms with E-state index in [1.165, 1.54) is 12.1 Å². The van der Waals surface area contributed by atoms with Crippen LogP contribution in [-0.2, 0) is 22.6 Å².